The zero-order valence-electron chi connectivity index (χ0n) is 11.6. The number of nitrogens with one attached hydrogen (secondary N) is 3. The highest BCUT2D eigenvalue weighted by molar-refractivity contribution is 7.80. The summed E-state index contributed by atoms with van der Waals surface area (Å²) in [5.41, 5.74) is 5.42. The van der Waals surface area contributed by atoms with Crippen molar-refractivity contribution in [2.45, 2.75) is 31.7 Å². The van der Waals surface area contributed by atoms with E-state index in [2.05, 4.69) is 16.2 Å². The first-order chi connectivity index (χ1) is 10.1. The quantitative estimate of drug-likeness (QED) is 0.494. The Kier molecular flexibility index (Phi) is 3.96. The monoisotopic (exact) mass is 305 g/mol. The van der Waals surface area contributed by atoms with Gasteiger partial charge in [0.25, 0.3) is 5.91 Å². The fourth-order valence-corrected chi connectivity index (χ4v) is 3.67. The number of hydrogen-bond acceptors (Lipinski definition) is 3. The summed E-state index contributed by atoms with van der Waals surface area (Å²) >= 11 is 5.21. The van der Waals surface area contributed by atoms with E-state index in [9.17, 15) is 9.90 Å². The van der Waals surface area contributed by atoms with Crippen molar-refractivity contribution in [3.05, 3.63) is 29.8 Å². The molecule has 0 aliphatic heterocycles. The molecule has 0 aromatic heterocycles. The normalized spacial score (nSPS) is 26.4. The van der Waals surface area contributed by atoms with Gasteiger partial charge in [0.2, 0.25) is 0 Å². The van der Waals surface area contributed by atoms with Gasteiger partial charge in [0, 0.05) is 6.04 Å². The summed E-state index contributed by atoms with van der Waals surface area (Å²) in [5, 5.41) is 13.3. The number of thiocarbonyl (C=S) groups is 1. The smallest absolute Gasteiger partial charge is 0.273 e. The van der Waals surface area contributed by atoms with Crippen molar-refractivity contribution in [2.75, 3.05) is 0 Å². The van der Waals surface area contributed by atoms with Gasteiger partial charge in [-0.25, -0.2) is 0 Å². The molecule has 0 spiro atoms. The zero-order valence-corrected chi connectivity index (χ0v) is 12.5. The Morgan fingerprint density at radius 1 is 1.19 bits per heavy atom. The highest BCUT2D eigenvalue weighted by Crippen LogP contribution is 2.44. The summed E-state index contributed by atoms with van der Waals surface area (Å²) in [7, 11) is 0. The standard InChI is InChI=1S/C15H19N3O2S/c19-13-4-2-1-3-11(13)14(20)17-18-15(21)16-12-8-9-5-6-10(12)7-9/h1-4,9-10,12,19H,5-8H2,(H,17,20)(H2,16,18,21)/t9-,10-,12-/m1/s1. The van der Waals surface area contributed by atoms with Gasteiger partial charge in [-0.3, -0.25) is 15.6 Å². The van der Waals surface area contributed by atoms with E-state index in [0.717, 1.165) is 5.92 Å². The van der Waals surface area contributed by atoms with Crippen molar-refractivity contribution >= 4 is 23.2 Å². The van der Waals surface area contributed by atoms with Crippen LogP contribution < -0.4 is 16.2 Å². The summed E-state index contributed by atoms with van der Waals surface area (Å²) in [6.45, 7) is 0. The molecule has 0 heterocycles. The van der Waals surface area contributed by atoms with Crippen LogP contribution in [0.4, 0.5) is 0 Å². The molecule has 0 radical (unpaired) electrons. The Morgan fingerprint density at radius 3 is 2.67 bits per heavy atom. The largest absolute Gasteiger partial charge is 0.507 e. The molecular formula is C15H19N3O2S. The van der Waals surface area contributed by atoms with Crippen molar-refractivity contribution in [3.8, 4) is 5.75 Å². The number of phenols is 1. The Balaban J connectivity index is 1.48. The number of aromatic hydroxyl groups is 1. The highest BCUT2D eigenvalue weighted by atomic mass is 32.1. The minimum Gasteiger partial charge on any atom is -0.507 e. The van der Waals surface area contributed by atoms with Crippen molar-refractivity contribution in [1.29, 1.82) is 0 Å². The van der Waals surface area contributed by atoms with Crippen LogP contribution in [0.2, 0.25) is 0 Å². The van der Waals surface area contributed by atoms with Crippen LogP contribution in [0.25, 0.3) is 0 Å². The molecule has 2 bridgehead atoms. The van der Waals surface area contributed by atoms with Gasteiger partial charge in [-0.05, 0) is 55.4 Å². The predicted octanol–water partition coefficient (Wildman–Crippen LogP) is 1.69. The van der Waals surface area contributed by atoms with Gasteiger partial charge in [0.15, 0.2) is 5.11 Å². The maximum Gasteiger partial charge on any atom is 0.273 e. The lowest BCUT2D eigenvalue weighted by molar-refractivity contribution is 0.0941. The average molecular weight is 305 g/mol. The summed E-state index contributed by atoms with van der Waals surface area (Å²) in [5.74, 6) is 1.09. The molecule has 0 saturated heterocycles. The fourth-order valence-electron chi connectivity index (χ4n) is 3.47. The molecule has 2 fully saturated rings. The van der Waals surface area contributed by atoms with E-state index >= 15 is 0 Å². The molecule has 0 unspecified atom stereocenters. The Bertz CT molecular complexity index is 564. The highest BCUT2D eigenvalue weighted by Gasteiger charge is 2.39. The average Bonchev–Trinajstić information content (AvgIpc) is 3.08. The molecule has 3 rings (SSSR count). The van der Waals surface area contributed by atoms with Crippen LogP contribution in [0.3, 0.4) is 0 Å². The number of rotatable bonds is 2. The Labute approximate surface area is 129 Å². The van der Waals surface area contributed by atoms with Crippen LogP contribution in [0.1, 0.15) is 36.0 Å². The third-order valence-corrected chi connectivity index (χ3v) is 4.71. The van der Waals surface area contributed by atoms with Crippen LogP contribution in [0.5, 0.6) is 5.75 Å². The number of phenolic OH excluding ortho intramolecular Hbond substituents is 1. The molecule has 3 atom stereocenters. The lowest BCUT2D eigenvalue weighted by Crippen LogP contribution is -2.50. The van der Waals surface area contributed by atoms with Crippen molar-refractivity contribution in [1.82, 2.24) is 16.2 Å². The van der Waals surface area contributed by atoms with Gasteiger partial charge >= 0.3 is 0 Å². The number of hydrogen-bond donors (Lipinski definition) is 4. The van der Waals surface area contributed by atoms with E-state index in [1.807, 2.05) is 0 Å². The number of fused-ring (bicyclic) bond motifs is 2. The number of hydrazine groups is 1. The van der Waals surface area contributed by atoms with E-state index < -0.39 is 5.91 Å². The maximum atomic E-state index is 11.9. The van der Waals surface area contributed by atoms with E-state index in [1.54, 1.807) is 18.2 Å². The molecule has 2 aliphatic rings. The molecule has 21 heavy (non-hydrogen) atoms. The van der Waals surface area contributed by atoms with E-state index in [4.69, 9.17) is 12.2 Å². The summed E-state index contributed by atoms with van der Waals surface area (Å²) in [6, 6.07) is 6.81. The summed E-state index contributed by atoms with van der Waals surface area (Å²) in [6.07, 6.45) is 5.08. The van der Waals surface area contributed by atoms with Gasteiger partial charge in [-0.2, -0.15) is 0 Å². The second kappa shape index (κ2) is 5.89. The maximum absolute atomic E-state index is 11.9. The molecule has 2 saturated carbocycles. The minimum absolute atomic E-state index is 0.0521. The second-order valence-corrected chi connectivity index (χ2v) is 6.26. The van der Waals surface area contributed by atoms with Crippen LogP contribution in [-0.2, 0) is 0 Å². The lowest BCUT2D eigenvalue weighted by atomic mass is 9.96. The number of benzene rings is 1. The van der Waals surface area contributed by atoms with Crippen molar-refractivity contribution in [3.63, 3.8) is 0 Å². The Morgan fingerprint density at radius 2 is 2.00 bits per heavy atom. The van der Waals surface area contributed by atoms with Gasteiger partial charge in [0.1, 0.15) is 5.75 Å². The first-order valence-electron chi connectivity index (χ1n) is 7.28. The third kappa shape index (κ3) is 3.10. The van der Waals surface area contributed by atoms with Gasteiger partial charge < -0.3 is 10.4 Å². The van der Waals surface area contributed by atoms with Crippen LogP contribution in [-0.4, -0.2) is 22.2 Å². The Hall–Kier alpha value is -1.82. The number of amides is 1. The van der Waals surface area contributed by atoms with Crippen molar-refractivity contribution in [2.24, 2.45) is 11.8 Å². The first-order valence-corrected chi connectivity index (χ1v) is 7.69. The number of carbonyl (C=O) groups excluding carboxylic acids is 1. The predicted molar refractivity (Wildman–Crippen MR) is 83.7 cm³/mol. The second-order valence-electron chi connectivity index (χ2n) is 5.85. The first kappa shape index (κ1) is 14.1. The molecule has 2 aliphatic carbocycles. The number of para-hydroxylation sites is 1. The molecule has 5 nitrogen and oxygen atoms in total. The SMILES string of the molecule is O=C(NNC(=S)N[C@@H]1C[C@@H]2CC[C@@H]1C2)c1ccccc1O. The molecule has 4 N–H and O–H groups in total. The van der Waals surface area contributed by atoms with Gasteiger partial charge in [-0.1, -0.05) is 18.6 Å². The molecule has 1 aromatic carbocycles. The van der Waals surface area contributed by atoms with Gasteiger partial charge in [0.05, 0.1) is 5.56 Å². The molecule has 1 aromatic rings. The van der Waals surface area contributed by atoms with E-state index in [-0.39, 0.29) is 11.3 Å². The molecular weight excluding hydrogens is 286 g/mol. The summed E-state index contributed by atoms with van der Waals surface area (Å²) < 4.78 is 0. The van der Waals surface area contributed by atoms with Crippen LogP contribution >= 0.6 is 12.2 Å². The van der Waals surface area contributed by atoms with Crippen LogP contribution in [0.15, 0.2) is 24.3 Å². The van der Waals surface area contributed by atoms with Crippen molar-refractivity contribution < 1.29 is 9.90 Å². The molecule has 6 heteroatoms. The van der Waals surface area contributed by atoms with Crippen LogP contribution in [0, 0.1) is 11.8 Å². The summed E-state index contributed by atoms with van der Waals surface area (Å²) in [4.78, 5) is 11.9. The van der Waals surface area contributed by atoms with E-state index in [0.29, 0.717) is 17.1 Å². The molecule has 112 valence electrons. The minimum atomic E-state index is -0.412. The lowest BCUT2D eigenvalue weighted by Gasteiger charge is -2.24. The molecule has 1 amide bonds. The van der Waals surface area contributed by atoms with Gasteiger partial charge in [-0.15, -0.1) is 0 Å². The fraction of sp³-hybridized carbons (Fsp3) is 0.467. The zero-order chi connectivity index (χ0) is 14.8. The third-order valence-electron chi connectivity index (χ3n) is 4.49. The topological polar surface area (TPSA) is 73.4 Å². The van der Waals surface area contributed by atoms with E-state index in [1.165, 1.54) is 31.7 Å². The number of carbonyl (C=O) groups is 1.